The van der Waals surface area contributed by atoms with Crippen molar-refractivity contribution in [2.75, 3.05) is 6.61 Å². The van der Waals surface area contributed by atoms with Crippen LogP contribution in [-0.2, 0) is 30.3 Å². The van der Waals surface area contributed by atoms with Crippen molar-refractivity contribution in [3.05, 3.63) is 108 Å². The SMILES string of the molecule is O=C(O[C@H]1[C@H]2O[C@H](O[C@@H]2COCc2ccccc2)[C@@H]1OC(=O)c1ccccc1)c1ccccc1. The molecule has 2 saturated heterocycles. The van der Waals surface area contributed by atoms with Crippen molar-refractivity contribution in [2.24, 2.45) is 0 Å². The summed E-state index contributed by atoms with van der Waals surface area (Å²) >= 11 is 0. The quantitative estimate of drug-likeness (QED) is 0.473. The summed E-state index contributed by atoms with van der Waals surface area (Å²) in [7, 11) is 0. The minimum Gasteiger partial charge on any atom is -0.452 e. The van der Waals surface area contributed by atoms with Gasteiger partial charge in [0, 0.05) is 0 Å². The van der Waals surface area contributed by atoms with Gasteiger partial charge in [0.2, 0.25) is 0 Å². The van der Waals surface area contributed by atoms with Gasteiger partial charge in [-0.1, -0.05) is 66.7 Å². The molecule has 0 radical (unpaired) electrons. The van der Waals surface area contributed by atoms with Crippen LogP contribution < -0.4 is 0 Å². The van der Waals surface area contributed by atoms with Crippen LogP contribution in [0.5, 0.6) is 0 Å². The molecule has 2 aliphatic heterocycles. The maximum atomic E-state index is 12.8. The first-order valence-electron chi connectivity index (χ1n) is 11.1. The number of hydrogen-bond donors (Lipinski definition) is 0. The van der Waals surface area contributed by atoms with Crippen molar-refractivity contribution in [3.8, 4) is 0 Å². The summed E-state index contributed by atoms with van der Waals surface area (Å²) in [6, 6.07) is 27.1. The standard InChI is InChI=1S/C27H24O7/c28-25(19-12-6-2-7-13-19)32-23-22-21(17-30-16-18-10-4-1-5-11-18)31-27(34-22)24(23)33-26(29)20-14-8-3-9-15-20/h1-15,21-24,27H,16-17H2/t21-,22+,23+,24-,27+/m1/s1. The maximum absolute atomic E-state index is 12.8. The average molecular weight is 460 g/mol. The van der Waals surface area contributed by atoms with Crippen molar-refractivity contribution in [1.29, 1.82) is 0 Å². The number of hydrogen-bond acceptors (Lipinski definition) is 7. The molecule has 0 saturated carbocycles. The number of fused-ring (bicyclic) bond motifs is 2. The Balaban J connectivity index is 1.28. The van der Waals surface area contributed by atoms with Gasteiger partial charge in [0.25, 0.3) is 0 Å². The maximum Gasteiger partial charge on any atom is 0.338 e. The van der Waals surface area contributed by atoms with E-state index in [0.29, 0.717) is 17.7 Å². The molecule has 7 heteroatoms. The van der Waals surface area contributed by atoms with Crippen LogP contribution in [0.1, 0.15) is 26.3 Å². The Morgan fingerprint density at radius 2 is 1.21 bits per heavy atom. The summed E-state index contributed by atoms with van der Waals surface area (Å²) in [6.07, 6.45) is -3.66. The van der Waals surface area contributed by atoms with E-state index in [0.717, 1.165) is 5.56 Å². The predicted molar refractivity (Wildman–Crippen MR) is 121 cm³/mol. The molecule has 2 bridgehead atoms. The van der Waals surface area contributed by atoms with E-state index in [-0.39, 0.29) is 6.61 Å². The molecule has 3 aromatic carbocycles. The molecule has 3 aromatic rings. The molecule has 2 heterocycles. The fraction of sp³-hybridized carbons (Fsp3) is 0.259. The largest absolute Gasteiger partial charge is 0.452 e. The van der Waals surface area contributed by atoms with Gasteiger partial charge in [-0.25, -0.2) is 9.59 Å². The van der Waals surface area contributed by atoms with E-state index in [1.165, 1.54) is 0 Å². The highest BCUT2D eigenvalue weighted by atomic mass is 16.8. The highest BCUT2D eigenvalue weighted by Crippen LogP contribution is 2.38. The summed E-state index contributed by atoms with van der Waals surface area (Å²) in [5.41, 5.74) is 1.82. The third-order valence-electron chi connectivity index (χ3n) is 5.78. The Hall–Kier alpha value is -3.52. The smallest absolute Gasteiger partial charge is 0.338 e. The second kappa shape index (κ2) is 10.2. The monoisotopic (exact) mass is 460 g/mol. The summed E-state index contributed by atoms with van der Waals surface area (Å²) in [5.74, 6) is -1.06. The molecule has 0 unspecified atom stereocenters. The van der Waals surface area contributed by atoms with E-state index in [4.69, 9.17) is 23.7 Å². The van der Waals surface area contributed by atoms with Crippen molar-refractivity contribution in [1.82, 2.24) is 0 Å². The first kappa shape index (κ1) is 22.3. The van der Waals surface area contributed by atoms with Gasteiger partial charge in [0.05, 0.1) is 24.3 Å². The zero-order valence-corrected chi connectivity index (χ0v) is 18.3. The van der Waals surface area contributed by atoms with Gasteiger partial charge in [-0.15, -0.1) is 0 Å². The Morgan fingerprint density at radius 3 is 1.79 bits per heavy atom. The molecule has 5 rings (SSSR count). The van der Waals surface area contributed by atoms with Crippen LogP contribution in [0.2, 0.25) is 0 Å². The van der Waals surface area contributed by atoms with Gasteiger partial charge in [-0.3, -0.25) is 0 Å². The number of carbonyl (C=O) groups is 2. The zero-order valence-electron chi connectivity index (χ0n) is 18.3. The van der Waals surface area contributed by atoms with Crippen molar-refractivity contribution in [3.63, 3.8) is 0 Å². The molecule has 0 N–H and O–H groups in total. The van der Waals surface area contributed by atoms with Crippen LogP contribution in [0.15, 0.2) is 91.0 Å². The number of carbonyl (C=O) groups excluding carboxylic acids is 2. The first-order chi connectivity index (χ1) is 16.7. The third-order valence-corrected chi connectivity index (χ3v) is 5.78. The lowest BCUT2D eigenvalue weighted by molar-refractivity contribution is -0.151. The predicted octanol–water partition coefficient (Wildman–Crippen LogP) is 3.78. The lowest BCUT2D eigenvalue weighted by Crippen LogP contribution is -2.51. The molecule has 0 amide bonds. The van der Waals surface area contributed by atoms with Gasteiger partial charge in [-0.05, 0) is 29.8 Å². The van der Waals surface area contributed by atoms with Crippen LogP contribution in [0.25, 0.3) is 0 Å². The van der Waals surface area contributed by atoms with Crippen LogP contribution in [-0.4, -0.2) is 49.3 Å². The molecule has 34 heavy (non-hydrogen) atoms. The second-order valence-electron chi connectivity index (χ2n) is 8.12. The van der Waals surface area contributed by atoms with Gasteiger partial charge in [0.15, 0.2) is 18.5 Å². The lowest BCUT2D eigenvalue weighted by Gasteiger charge is -2.31. The molecule has 7 nitrogen and oxygen atoms in total. The highest BCUT2D eigenvalue weighted by molar-refractivity contribution is 5.90. The molecule has 2 fully saturated rings. The molecule has 2 aliphatic rings. The highest BCUT2D eigenvalue weighted by Gasteiger charge is 2.59. The second-order valence-corrected chi connectivity index (χ2v) is 8.12. The Labute approximate surface area is 197 Å². The summed E-state index contributed by atoms with van der Waals surface area (Å²) < 4.78 is 29.2. The van der Waals surface area contributed by atoms with E-state index in [1.807, 2.05) is 42.5 Å². The fourth-order valence-corrected chi connectivity index (χ4v) is 4.10. The Morgan fingerprint density at radius 1 is 0.676 bits per heavy atom. The zero-order chi connectivity index (χ0) is 23.3. The van der Waals surface area contributed by atoms with Crippen LogP contribution >= 0.6 is 0 Å². The fourth-order valence-electron chi connectivity index (χ4n) is 4.10. The molecular weight excluding hydrogens is 436 g/mol. The minimum atomic E-state index is -0.893. The van der Waals surface area contributed by atoms with Crippen LogP contribution in [0.4, 0.5) is 0 Å². The van der Waals surface area contributed by atoms with E-state index in [9.17, 15) is 9.59 Å². The molecular formula is C27H24O7. The molecule has 0 aromatic heterocycles. The van der Waals surface area contributed by atoms with E-state index in [2.05, 4.69) is 0 Å². The molecule has 0 spiro atoms. The van der Waals surface area contributed by atoms with Gasteiger partial charge < -0.3 is 23.7 Å². The molecule has 174 valence electrons. The number of ether oxygens (including phenoxy) is 5. The van der Waals surface area contributed by atoms with E-state index in [1.54, 1.807) is 48.5 Å². The number of esters is 2. The third kappa shape index (κ3) is 4.87. The average Bonchev–Trinajstić information content (AvgIpc) is 3.44. The van der Waals surface area contributed by atoms with Crippen molar-refractivity contribution >= 4 is 11.9 Å². The van der Waals surface area contributed by atoms with Gasteiger partial charge in [0.1, 0.15) is 12.2 Å². The number of benzene rings is 3. The van der Waals surface area contributed by atoms with Crippen molar-refractivity contribution in [2.45, 2.75) is 37.3 Å². The van der Waals surface area contributed by atoms with Gasteiger partial charge in [-0.2, -0.15) is 0 Å². The van der Waals surface area contributed by atoms with Gasteiger partial charge >= 0.3 is 11.9 Å². The normalized spacial score (nSPS) is 25.1. The summed E-state index contributed by atoms with van der Waals surface area (Å²) in [4.78, 5) is 25.5. The Bertz CT molecular complexity index is 1100. The van der Waals surface area contributed by atoms with Crippen LogP contribution in [0, 0.1) is 0 Å². The lowest BCUT2D eigenvalue weighted by atomic mass is 10.0. The Kier molecular flexibility index (Phi) is 6.67. The number of rotatable bonds is 8. The van der Waals surface area contributed by atoms with Crippen LogP contribution in [0.3, 0.4) is 0 Å². The molecule has 0 aliphatic carbocycles. The summed E-state index contributed by atoms with van der Waals surface area (Å²) in [5, 5.41) is 0. The first-order valence-corrected chi connectivity index (χ1v) is 11.1. The summed E-state index contributed by atoms with van der Waals surface area (Å²) in [6.45, 7) is 0.660. The molecule has 5 atom stereocenters. The topological polar surface area (TPSA) is 80.3 Å². The van der Waals surface area contributed by atoms with E-state index < -0.39 is 42.6 Å². The minimum absolute atomic E-state index is 0.245. The van der Waals surface area contributed by atoms with E-state index >= 15 is 0 Å². The van der Waals surface area contributed by atoms with Crippen molar-refractivity contribution < 1.29 is 33.3 Å².